The Morgan fingerprint density at radius 2 is 1.81 bits per heavy atom. The normalized spacial score (nSPS) is 11.3. The second kappa shape index (κ2) is 5.16. The standard InChI is InChI=1S/C15H12FN5/c16-11-3-1-2-9(6-11)4-5-10-7-12-13(17)20-15(18)21-14(12)19-8-10/h1-8H,(H4,17,18,19,20,21)/b5-4+. The van der Waals surface area contributed by atoms with Gasteiger partial charge >= 0.3 is 0 Å². The Labute approximate surface area is 120 Å². The molecule has 0 radical (unpaired) electrons. The number of nitrogens with two attached hydrogens (primary N) is 2. The molecule has 6 heteroatoms. The van der Waals surface area contributed by atoms with E-state index in [2.05, 4.69) is 15.0 Å². The van der Waals surface area contributed by atoms with Gasteiger partial charge in [-0.2, -0.15) is 9.97 Å². The Balaban J connectivity index is 1.98. The molecule has 1 aromatic carbocycles. The van der Waals surface area contributed by atoms with Crippen molar-refractivity contribution < 1.29 is 4.39 Å². The van der Waals surface area contributed by atoms with Crippen LogP contribution in [0.5, 0.6) is 0 Å². The molecule has 0 saturated heterocycles. The first-order chi connectivity index (χ1) is 10.1. The van der Waals surface area contributed by atoms with Gasteiger partial charge in [-0.3, -0.25) is 0 Å². The van der Waals surface area contributed by atoms with Crippen molar-refractivity contribution in [2.24, 2.45) is 0 Å². The summed E-state index contributed by atoms with van der Waals surface area (Å²) in [6.07, 6.45) is 5.25. The maximum Gasteiger partial charge on any atom is 0.224 e. The van der Waals surface area contributed by atoms with Gasteiger partial charge in [0.2, 0.25) is 5.95 Å². The fourth-order valence-corrected chi connectivity index (χ4v) is 1.96. The van der Waals surface area contributed by atoms with Crippen molar-refractivity contribution in [3.63, 3.8) is 0 Å². The molecule has 0 atom stereocenters. The smallest absolute Gasteiger partial charge is 0.224 e. The van der Waals surface area contributed by atoms with Crippen molar-refractivity contribution in [2.75, 3.05) is 11.5 Å². The molecule has 0 amide bonds. The molecule has 3 aromatic rings. The van der Waals surface area contributed by atoms with E-state index >= 15 is 0 Å². The van der Waals surface area contributed by atoms with Crippen LogP contribution in [0.3, 0.4) is 0 Å². The Bertz CT molecular complexity index is 845. The molecule has 2 heterocycles. The van der Waals surface area contributed by atoms with E-state index in [-0.39, 0.29) is 17.6 Å². The molecule has 0 fully saturated rings. The number of pyridine rings is 1. The average molecular weight is 281 g/mol. The van der Waals surface area contributed by atoms with E-state index in [1.807, 2.05) is 18.2 Å². The first-order valence-corrected chi connectivity index (χ1v) is 6.24. The van der Waals surface area contributed by atoms with Crippen LogP contribution in [0.15, 0.2) is 36.5 Å². The second-order valence-electron chi connectivity index (χ2n) is 4.50. The van der Waals surface area contributed by atoms with E-state index in [9.17, 15) is 4.39 Å². The average Bonchev–Trinajstić information content (AvgIpc) is 2.45. The second-order valence-corrected chi connectivity index (χ2v) is 4.50. The number of hydrogen-bond donors (Lipinski definition) is 2. The minimum Gasteiger partial charge on any atom is -0.383 e. The van der Waals surface area contributed by atoms with Crippen LogP contribution in [-0.2, 0) is 0 Å². The molecule has 0 aliphatic rings. The van der Waals surface area contributed by atoms with Crippen molar-refractivity contribution in [3.05, 3.63) is 53.5 Å². The van der Waals surface area contributed by atoms with Crippen molar-refractivity contribution in [1.82, 2.24) is 15.0 Å². The molecular weight excluding hydrogens is 269 g/mol. The highest BCUT2D eigenvalue weighted by atomic mass is 19.1. The molecule has 0 aliphatic heterocycles. The first kappa shape index (κ1) is 13.0. The summed E-state index contributed by atoms with van der Waals surface area (Å²) in [6.45, 7) is 0. The lowest BCUT2D eigenvalue weighted by atomic mass is 10.1. The summed E-state index contributed by atoms with van der Waals surface area (Å²) in [4.78, 5) is 12.1. The number of rotatable bonds is 2. The number of nitrogen functional groups attached to an aromatic ring is 2. The van der Waals surface area contributed by atoms with E-state index in [1.165, 1.54) is 12.1 Å². The molecule has 3 rings (SSSR count). The molecule has 0 unspecified atom stereocenters. The fourth-order valence-electron chi connectivity index (χ4n) is 1.96. The minimum absolute atomic E-state index is 0.0931. The van der Waals surface area contributed by atoms with E-state index in [0.717, 1.165) is 11.1 Å². The zero-order valence-electron chi connectivity index (χ0n) is 11.0. The quantitative estimate of drug-likeness (QED) is 0.753. The van der Waals surface area contributed by atoms with E-state index in [1.54, 1.807) is 18.3 Å². The topological polar surface area (TPSA) is 90.7 Å². The predicted molar refractivity (Wildman–Crippen MR) is 81.5 cm³/mol. The maximum absolute atomic E-state index is 13.1. The monoisotopic (exact) mass is 281 g/mol. The maximum atomic E-state index is 13.1. The number of benzene rings is 1. The van der Waals surface area contributed by atoms with Gasteiger partial charge in [-0.1, -0.05) is 24.3 Å². The van der Waals surface area contributed by atoms with E-state index < -0.39 is 0 Å². The zero-order chi connectivity index (χ0) is 14.8. The first-order valence-electron chi connectivity index (χ1n) is 6.24. The molecule has 5 nitrogen and oxygen atoms in total. The van der Waals surface area contributed by atoms with E-state index in [0.29, 0.717) is 11.0 Å². The van der Waals surface area contributed by atoms with Crippen LogP contribution in [0.2, 0.25) is 0 Å². The van der Waals surface area contributed by atoms with Crippen LogP contribution in [-0.4, -0.2) is 15.0 Å². The molecule has 0 spiro atoms. The van der Waals surface area contributed by atoms with Gasteiger partial charge in [0.1, 0.15) is 11.6 Å². The number of fused-ring (bicyclic) bond motifs is 1. The van der Waals surface area contributed by atoms with Gasteiger partial charge in [-0.25, -0.2) is 9.37 Å². The van der Waals surface area contributed by atoms with E-state index in [4.69, 9.17) is 11.5 Å². The molecule has 104 valence electrons. The van der Waals surface area contributed by atoms with Crippen LogP contribution in [0.4, 0.5) is 16.2 Å². The molecule has 4 N–H and O–H groups in total. The Kier molecular flexibility index (Phi) is 3.19. The fraction of sp³-hybridized carbons (Fsp3) is 0. The summed E-state index contributed by atoms with van der Waals surface area (Å²) < 4.78 is 13.1. The highest BCUT2D eigenvalue weighted by Gasteiger charge is 2.04. The lowest BCUT2D eigenvalue weighted by Gasteiger charge is -2.02. The Morgan fingerprint density at radius 3 is 2.62 bits per heavy atom. The molecule has 0 bridgehead atoms. The zero-order valence-corrected chi connectivity index (χ0v) is 11.0. The van der Waals surface area contributed by atoms with Gasteiger partial charge in [0.15, 0.2) is 5.65 Å². The third-order valence-electron chi connectivity index (χ3n) is 2.94. The Morgan fingerprint density at radius 1 is 1.00 bits per heavy atom. The highest BCUT2D eigenvalue weighted by Crippen LogP contribution is 2.19. The van der Waals surface area contributed by atoms with Crippen LogP contribution < -0.4 is 11.5 Å². The number of hydrogen-bond acceptors (Lipinski definition) is 5. The highest BCUT2D eigenvalue weighted by molar-refractivity contribution is 5.88. The van der Waals surface area contributed by atoms with Crippen LogP contribution in [0, 0.1) is 5.82 Å². The third-order valence-corrected chi connectivity index (χ3v) is 2.94. The van der Waals surface area contributed by atoms with Crippen molar-refractivity contribution >= 4 is 35.0 Å². The molecule has 0 saturated carbocycles. The summed E-state index contributed by atoms with van der Waals surface area (Å²) >= 11 is 0. The lowest BCUT2D eigenvalue weighted by Crippen LogP contribution is -2.01. The summed E-state index contributed by atoms with van der Waals surface area (Å²) in [7, 11) is 0. The van der Waals surface area contributed by atoms with Crippen molar-refractivity contribution in [2.45, 2.75) is 0 Å². The summed E-state index contributed by atoms with van der Waals surface area (Å²) in [5, 5.41) is 0.630. The lowest BCUT2D eigenvalue weighted by molar-refractivity contribution is 0.627. The van der Waals surface area contributed by atoms with Gasteiger partial charge in [0, 0.05) is 6.20 Å². The van der Waals surface area contributed by atoms with Crippen molar-refractivity contribution in [1.29, 1.82) is 0 Å². The molecule has 0 aliphatic carbocycles. The number of halogens is 1. The van der Waals surface area contributed by atoms with Gasteiger partial charge in [-0.05, 0) is 29.3 Å². The summed E-state index contributed by atoms with van der Waals surface area (Å²) in [5.41, 5.74) is 13.3. The molecule has 2 aromatic heterocycles. The van der Waals surface area contributed by atoms with Gasteiger partial charge in [-0.15, -0.1) is 0 Å². The minimum atomic E-state index is -0.276. The summed E-state index contributed by atoms with van der Waals surface area (Å²) in [5.74, 6) is 0.100. The number of anilines is 2. The number of aromatic nitrogens is 3. The SMILES string of the molecule is Nc1nc(N)c2cc(/C=C/c3cccc(F)c3)cnc2n1. The van der Waals surface area contributed by atoms with Crippen LogP contribution in [0.25, 0.3) is 23.2 Å². The van der Waals surface area contributed by atoms with Crippen LogP contribution >= 0.6 is 0 Å². The van der Waals surface area contributed by atoms with Crippen molar-refractivity contribution in [3.8, 4) is 0 Å². The van der Waals surface area contributed by atoms with Gasteiger partial charge < -0.3 is 11.5 Å². The summed E-state index contributed by atoms with van der Waals surface area (Å²) in [6, 6.07) is 8.13. The molecule has 21 heavy (non-hydrogen) atoms. The third kappa shape index (κ3) is 2.79. The predicted octanol–water partition coefficient (Wildman–Crippen LogP) is 2.50. The molecular formula is C15H12FN5. The van der Waals surface area contributed by atoms with Gasteiger partial charge in [0.25, 0.3) is 0 Å². The van der Waals surface area contributed by atoms with Crippen LogP contribution in [0.1, 0.15) is 11.1 Å². The van der Waals surface area contributed by atoms with Gasteiger partial charge in [0.05, 0.1) is 5.39 Å². The number of nitrogens with zero attached hydrogens (tertiary/aromatic N) is 3. The largest absolute Gasteiger partial charge is 0.383 e. The Hall–Kier alpha value is -3.02.